The Morgan fingerprint density at radius 2 is 2.14 bits per heavy atom. The van der Waals surface area contributed by atoms with Crippen molar-refractivity contribution < 1.29 is 9.90 Å². The molecule has 0 aromatic heterocycles. The molecule has 0 amide bonds. The van der Waals surface area contributed by atoms with Gasteiger partial charge in [-0.25, -0.2) is 4.79 Å². The highest BCUT2D eigenvalue weighted by Gasteiger charge is 2.00. The average molecular weight is 190 g/mol. The van der Waals surface area contributed by atoms with Gasteiger partial charge in [-0.2, -0.15) is 0 Å². The SMILES string of the molecule is CC(C)/C=C/c1cccc(C(=O)O)c1. The number of carbonyl (C=O) groups is 1. The number of hydrogen-bond donors (Lipinski definition) is 1. The van der Waals surface area contributed by atoms with Crippen LogP contribution in [0, 0.1) is 5.92 Å². The first-order chi connectivity index (χ1) is 6.59. The van der Waals surface area contributed by atoms with Crippen molar-refractivity contribution in [1.82, 2.24) is 0 Å². The molecule has 2 heteroatoms. The summed E-state index contributed by atoms with van der Waals surface area (Å²) in [5.41, 5.74) is 1.26. The Morgan fingerprint density at radius 1 is 1.43 bits per heavy atom. The molecule has 0 saturated carbocycles. The minimum absolute atomic E-state index is 0.330. The molecule has 2 nitrogen and oxygen atoms in total. The van der Waals surface area contributed by atoms with E-state index in [9.17, 15) is 4.79 Å². The fourth-order valence-electron chi connectivity index (χ4n) is 1.08. The van der Waals surface area contributed by atoms with Crippen molar-refractivity contribution in [1.29, 1.82) is 0 Å². The monoisotopic (exact) mass is 190 g/mol. The van der Waals surface area contributed by atoms with Gasteiger partial charge in [0, 0.05) is 0 Å². The summed E-state index contributed by atoms with van der Waals surface area (Å²) in [6, 6.07) is 6.91. The Morgan fingerprint density at radius 3 is 2.71 bits per heavy atom. The standard InChI is InChI=1S/C12H14O2/c1-9(2)6-7-10-4-3-5-11(8-10)12(13)14/h3-9H,1-2H3,(H,13,14)/b7-6+. The molecule has 0 aliphatic carbocycles. The lowest BCUT2D eigenvalue weighted by molar-refractivity contribution is 0.0697. The fraction of sp³-hybridized carbons (Fsp3) is 0.250. The van der Waals surface area contributed by atoms with Crippen molar-refractivity contribution in [3.8, 4) is 0 Å². The first kappa shape index (κ1) is 10.5. The van der Waals surface area contributed by atoms with Gasteiger partial charge < -0.3 is 5.11 Å². The Hall–Kier alpha value is -1.57. The van der Waals surface area contributed by atoms with Gasteiger partial charge in [0.05, 0.1) is 5.56 Å². The summed E-state index contributed by atoms with van der Waals surface area (Å²) in [5.74, 6) is -0.409. The molecule has 0 atom stereocenters. The van der Waals surface area contributed by atoms with Crippen LogP contribution in [0.5, 0.6) is 0 Å². The smallest absolute Gasteiger partial charge is 0.335 e. The molecular weight excluding hydrogens is 176 g/mol. The molecule has 0 saturated heterocycles. The van der Waals surface area contributed by atoms with Crippen LogP contribution in [-0.2, 0) is 0 Å². The number of carboxylic acids is 1. The number of allylic oxidation sites excluding steroid dienone is 1. The second kappa shape index (κ2) is 4.61. The van der Waals surface area contributed by atoms with E-state index in [1.807, 2.05) is 18.2 Å². The molecule has 1 rings (SSSR count). The van der Waals surface area contributed by atoms with Crippen molar-refractivity contribution in [3.05, 3.63) is 41.5 Å². The van der Waals surface area contributed by atoms with Crippen molar-refractivity contribution in [3.63, 3.8) is 0 Å². The minimum atomic E-state index is -0.884. The van der Waals surface area contributed by atoms with Crippen LogP contribution in [-0.4, -0.2) is 11.1 Å². The van der Waals surface area contributed by atoms with Crippen LogP contribution < -0.4 is 0 Å². The Kier molecular flexibility index (Phi) is 3.46. The summed E-state index contributed by atoms with van der Waals surface area (Å²) >= 11 is 0. The Bertz CT molecular complexity index is 351. The maximum atomic E-state index is 10.7. The minimum Gasteiger partial charge on any atom is -0.478 e. The summed E-state index contributed by atoms with van der Waals surface area (Å²) in [4.78, 5) is 10.7. The van der Waals surface area contributed by atoms with Crippen molar-refractivity contribution in [2.75, 3.05) is 0 Å². The lowest BCUT2D eigenvalue weighted by Gasteiger charge is -1.98. The van der Waals surface area contributed by atoms with Gasteiger partial charge in [0.15, 0.2) is 0 Å². The highest BCUT2D eigenvalue weighted by molar-refractivity contribution is 5.88. The highest BCUT2D eigenvalue weighted by Crippen LogP contribution is 2.08. The number of hydrogen-bond acceptors (Lipinski definition) is 1. The van der Waals surface area contributed by atoms with Crippen LogP contribution in [0.15, 0.2) is 30.3 Å². The number of benzene rings is 1. The van der Waals surface area contributed by atoms with Crippen molar-refractivity contribution >= 4 is 12.0 Å². The van der Waals surface area contributed by atoms with Gasteiger partial charge in [0.2, 0.25) is 0 Å². The van der Waals surface area contributed by atoms with Crippen LogP contribution >= 0.6 is 0 Å². The van der Waals surface area contributed by atoms with Crippen molar-refractivity contribution in [2.45, 2.75) is 13.8 Å². The van der Waals surface area contributed by atoms with Gasteiger partial charge in [0.1, 0.15) is 0 Å². The number of rotatable bonds is 3. The highest BCUT2D eigenvalue weighted by atomic mass is 16.4. The third-order valence-corrected chi connectivity index (χ3v) is 1.81. The molecule has 1 N–H and O–H groups in total. The molecule has 0 fully saturated rings. The zero-order valence-electron chi connectivity index (χ0n) is 8.40. The van der Waals surface area contributed by atoms with Gasteiger partial charge in [-0.15, -0.1) is 0 Å². The topological polar surface area (TPSA) is 37.3 Å². The summed E-state index contributed by atoms with van der Waals surface area (Å²) in [6.07, 6.45) is 3.98. The maximum absolute atomic E-state index is 10.7. The summed E-state index contributed by atoms with van der Waals surface area (Å²) in [6.45, 7) is 4.16. The fourth-order valence-corrected chi connectivity index (χ4v) is 1.08. The maximum Gasteiger partial charge on any atom is 0.335 e. The largest absolute Gasteiger partial charge is 0.478 e. The molecule has 74 valence electrons. The predicted octanol–water partition coefficient (Wildman–Crippen LogP) is 3.05. The van der Waals surface area contributed by atoms with E-state index >= 15 is 0 Å². The molecule has 0 radical (unpaired) electrons. The van der Waals surface area contributed by atoms with Crippen LogP contribution in [0.2, 0.25) is 0 Å². The molecule has 1 aromatic rings. The second-order valence-corrected chi connectivity index (χ2v) is 3.53. The van der Waals surface area contributed by atoms with E-state index in [1.54, 1.807) is 18.2 Å². The molecule has 0 unspecified atom stereocenters. The van der Waals surface area contributed by atoms with Crippen LogP contribution in [0.3, 0.4) is 0 Å². The molecular formula is C12H14O2. The summed E-state index contributed by atoms with van der Waals surface area (Å²) in [5, 5.41) is 8.76. The molecule has 0 aliphatic rings. The third-order valence-electron chi connectivity index (χ3n) is 1.81. The quantitative estimate of drug-likeness (QED) is 0.795. The lowest BCUT2D eigenvalue weighted by atomic mass is 10.1. The lowest BCUT2D eigenvalue weighted by Crippen LogP contribution is -1.95. The first-order valence-electron chi connectivity index (χ1n) is 4.61. The average Bonchev–Trinajstić information content (AvgIpc) is 2.15. The van der Waals surface area contributed by atoms with Gasteiger partial charge in [-0.05, 0) is 23.6 Å². The summed E-state index contributed by atoms with van der Waals surface area (Å²) < 4.78 is 0. The normalized spacial score (nSPS) is 11.1. The van der Waals surface area contributed by atoms with E-state index in [0.717, 1.165) is 5.56 Å². The molecule has 0 aliphatic heterocycles. The number of carboxylic acid groups (broad SMARTS) is 1. The van der Waals surface area contributed by atoms with Crippen LogP contribution in [0.1, 0.15) is 29.8 Å². The second-order valence-electron chi connectivity index (χ2n) is 3.53. The Balaban J connectivity index is 2.89. The zero-order chi connectivity index (χ0) is 10.6. The van der Waals surface area contributed by atoms with Gasteiger partial charge in [-0.3, -0.25) is 0 Å². The van der Waals surface area contributed by atoms with Crippen molar-refractivity contribution in [2.24, 2.45) is 5.92 Å². The van der Waals surface area contributed by atoms with E-state index in [2.05, 4.69) is 13.8 Å². The number of aromatic carboxylic acids is 1. The third kappa shape index (κ3) is 3.05. The van der Waals surface area contributed by atoms with E-state index in [4.69, 9.17) is 5.11 Å². The summed E-state index contributed by atoms with van der Waals surface area (Å²) in [7, 11) is 0. The van der Waals surface area contributed by atoms with Gasteiger partial charge in [0.25, 0.3) is 0 Å². The van der Waals surface area contributed by atoms with Gasteiger partial charge >= 0.3 is 5.97 Å². The Labute approximate surface area is 83.9 Å². The molecule has 1 aromatic carbocycles. The van der Waals surface area contributed by atoms with E-state index in [-0.39, 0.29) is 0 Å². The van der Waals surface area contributed by atoms with E-state index in [1.165, 1.54) is 0 Å². The molecule has 0 heterocycles. The van der Waals surface area contributed by atoms with E-state index in [0.29, 0.717) is 11.5 Å². The molecule has 0 spiro atoms. The molecule has 14 heavy (non-hydrogen) atoms. The zero-order valence-corrected chi connectivity index (χ0v) is 8.40. The van der Waals surface area contributed by atoms with Gasteiger partial charge in [-0.1, -0.05) is 38.1 Å². The van der Waals surface area contributed by atoms with Crippen LogP contribution in [0.25, 0.3) is 6.08 Å². The van der Waals surface area contributed by atoms with E-state index < -0.39 is 5.97 Å². The molecule has 0 bridgehead atoms. The predicted molar refractivity (Wildman–Crippen MR) is 57.3 cm³/mol. The van der Waals surface area contributed by atoms with Crippen LogP contribution in [0.4, 0.5) is 0 Å². The first-order valence-corrected chi connectivity index (χ1v) is 4.61.